The zero-order valence-electron chi connectivity index (χ0n) is 12.3. The van der Waals surface area contributed by atoms with Crippen molar-refractivity contribution < 1.29 is 13.5 Å². The number of hydrogen-bond donors (Lipinski definition) is 1. The molecule has 1 aromatic carbocycles. The van der Waals surface area contributed by atoms with Crippen LogP contribution in [0.15, 0.2) is 12.1 Å². The SMILES string of the molecule is CCC(C#N)Oc1c(F)cc(CNC(C)(C)C)cc1F. The van der Waals surface area contributed by atoms with E-state index in [-0.39, 0.29) is 5.54 Å². The van der Waals surface area contributed by atoms with Crippen LogP contribution in [0.1, 0.15) is 39.7 Å². The Labute approximate surface area is 118 Å². The second-order valence-corrected chi connectivity index (χ2v) is 5.64. The van der Waals surface area contributed by atoms with Gasteiger partial charge < -0.3 is 10.1 Å². The summed E-state index contributed by atoms with van der Waals surface area (Å²) in [7, 11) is 0. The van der Waals surface area contributed by atoms with E-state index >= 15 is 0 Å². The standard InChI is InChI=1S/C15H20F2N2O/c1-5-11(8-18)20-14-12(16)6-10(7-13(14)17)9-19-15(2,3)4/h6-7,11,19H,5,9H2,1-4H3. The summed E-state index contributed by atoms with van der Waals surface area (Å²) in [6.07, 6.45) is -0.486. The lowest BCUT2D eigenvalue weighted by atomic mass is 10.1. The Morgan fingerprint density at radius 1 is 1.30 bits per heavy atom. The highest BCUT2D eigenvalue weighted by atomic mass is 19.1. The Morgan fingerprint density at radius 3 is 2.25 bits per heavy atom. The molecule has 0 heterocycles. The molecule has 20 heavy (non-hydrogen) atoms. The molecule has 0 fully saturated rings. The van der Waals surface area contributed by atoms with E-state index in [1.165, 1.54) is 12.1 Å². The van der Waals surface area contributed by atoms with Crippen LogP contribution in [0.2, 0.25) is 0 Å². The van der Waals surface area contributed by atoms with Crippen molar-refractivity contribution >= 4 is 0 Å². The van der Waals surface area contributed by atoms with Crippen LogP contribution in [0, 0.1) is 23.0 Å². The molecule has 5 heteroatoms. The number of benzene rings is 1. The molecule has 1 rings (SSSR count). The van der Waals surface area contributed by atoms with Crippen molar-refractivity contribution in [1.29, 1.82) is 5.26 Å². The van der Waals surface area contributed by atoms with E-state index in [0.29, 0.717) is 18.5 Å². The Bertz CT molecular complexity index is 481. The van der Waals surface area contributed by atoms with E-state index in [0.717, 1.165) is 0 Å². The molecule has 1 atom stereocenters. The fourth-order valence-corrected chi connectivity index (χ4v) is 1.54. The molecule has 0 bridgehead atoms. The summed E-state index contributed by atoms with van der Waals surface area (Å²) in [6, 6.07) is 4.29. The minimum Gasteiger partial charge on any atom is -0.469 e. The third-order valence-corrected chi connectivity index (χ3v) is 2.66. The maximum absolute atomic E-state index is 13.9. The predicted octanol–water partition coefficient (Wildman–Crippen LogP) is 3.53. The normalized spacial score (nSPS) is 12.8. The summed E-state index contributed by atoms with van der Waals surface area (Å²) in [5.41, 5.74) is 0.350. The fraction of sp³-hybridized carbons (Fsp3) is 0.533. The average Bonchev–Trinajstić information content (AvgIpc) is 2.35. The number of nitriles is 1. The van der Waals surface area contributed by atoms with Crippen LogP contribution < -0.4 is 10.1 Å². The van der Waals surface area contributed by atoms with Crippen molar-refractivity contribution in [3.8, 4) is 11.8 Å². The van der Waals surface area contributed by atoms with Crippen molar-refractivity contribution in [1.82, 2.24) is 5.32 Å². The van der Waals surface area contributed by atoms with Crippen molar-refractivity contribution in [2.75, 3.05) is 0 Å². The lowest BCUT2D eigenvalue weighted by molar-refractivity contribution is 0.228. The summed E-state index contributed by atoms with van der Waals surface area (Å²) >= 11 is 0. The van der Waals surface area contributed by atoms with Crippen LogP contribution in [0.4, 0.5) is 8.78 Å². The second-order valence-electron chi connectivity index (χ2n) is 5.64. The maximum Gasteiger partial charge on any atom is 0.192 e. The monoisotopic (exact) mass is 282 g/mol. The third kappa shape index (κ3) is 4.78. The van der Waals surface area contributed by atoms with E-state index in [1.807, 2.05) is 26.8 Å². The van der Waals surface area contributed by atoms with E-state index in [2.05, 4.69) is 5.32 Å². The van der Waals surface area contributed by atoms with Gasteiger partial charge in [0.25, 0.3) is 0 Å². The van der Waals surface area contributed by atoms with Gasteiger partial charge in [0.05, 0.1) is 0 Å². The molecule has 1 unspecified atom stereocenters. The van der Waals surface area contributed by atoms with Gasteiger partial charge >= 0.3 is 0 Å². The highest BCUT2D eigenvalue weighted by Crippen LogP contribution is 2.25. The van der Waals surface area contributed by atoms with Crippen molar-refractivity contribution in [2.24, 2.45) is 0 Å². The van der Waals surface area contributed by atoms with Crippen LogP contribution >= 0.6 is 0 Å². The second kappa shape index (κ2) is 6.67. The molecule has 1 N–H and O–H groups in total. The minimum absolute atomic E-state index is 0.143. The number of halogens is 2. The summed E-state index contributed by atoms with van der Waals surface area (Å²) in [5.74, 6) is -2.06. The lowest BCUT2D eigenvalue weighted by Gasteiger charge is -2.21. The molecule has 0 aliphatic rings. The molecule has 0 aliphatic carbocycles. The quantitative estimate of drug-likeness (QED) is 0.898. The molecule has 0 amide bonds. The Kier molecular flexibility index (Phi) is 5.46. The topological polar surface area (TPSA) is 45.0 Å². The van der Waals surface area contributed by atoms with E-state index in [1.54, 1.807) is 6.92 Å². The predicted molar refractivity (Wildman–Crippen MR) is 73.3 cm³/mol. The van der Waals surface area contributed by atoms with Gasteiger partial charge in [-0.25, -0.2) is 8.78 Å². The molecular formula is C15H20F2N2O. The van der Waals surface area contributed by atoms with E-state index in [4.69, 9.17) is 10.00 Å². The number of nitrogens with one attached hydrogen (secondary N) is 1. The lowest BCUT2D eigenvalue weighted by Crippen LogP contribution is -2.35. The molecule has 110 valence electrons. The minimum atomic E-state index is -0.849. The zero-order valence-corrected chi connectivity index (χ0v) is 12.3. The smallest absolute Gasteiger partial charge is 0.192 e. The van der Waals surface area contributed by atoms with E-state index < -0.39 is 23.5 Å². The molecule has 0 radical (unpaired) electrons. The van der Waals surface area contributed by atoms with Gasteiger partial charge in [0.1, 0.15) is 6.07 Å². The molecule has 0 saturated carbocycles. The first-order valence-electron chi connectivity index (χ1n) is 6.56. The Balaban J connectivity index is 2.89. The van der Waals surface area contributed by atoms with Crippen LogP contribution in [-0.2, 0) is 6.54 Å². The van der Waals surface area contributed by atoms with Gasteiger partial charge in [-0.15, -0.1) is 0 Å². The van der Waals surface area contributed by atoms with Gasteiger partial charge in [-0.1, -0.05) is 6.92 Å². The van der Waals surface area contributed by atoms with Crippen molar-refractivity contribution in [3.05, 3.63) is 29.3 Å². The van der Waals surface area contributed by atoms with E-state index in [9.17, 15) is 8.78 Å². The highest BCUT2D eigenvalue weighted by molar-refractivity contribution is 5.32. The van der Waals surface area contributed by atoms with Gasteiger partial charge in [-0.2, -0.15) is 5.26 Å². The highest BCUT2D eigenvalue weighted by Gasteiger charge is 2.17. The summed E-state index contributed by atoms with van der Waals surface area (Å²) in [4.78, 5) is 0. The summed E-state index contributed by atoms with van der Waals surface area (Å²) in [5, 5.41) is 11.9. The number of hydrogen-bond acceptors (Lipinski definition) is 3. The molecule has 1 aromatic rings. The van der Waals surface area contributed by atoms with Gasteiger partial charge in [0.2, 0.25) is 0 Å². The first-order valence-corrected chi connectivity index (χ1v) is 6.56. The van der Waals surface area contributed by atoms with Gasteiger partial charge in [0, 0.05) is 12.1 Å². The molecule has 0 spiro atoms. The Morgan fingerprint density at radius 2 is 1.85 bits per heavy atom. The van der Waals surface area contributed by atoms with Crippen LogP contribution in [0.5, 0.6) is 5.75 Å². The van der Waals surface area contributed by atoms with Crippen LogP contribution in [0.3, 0.4) is 0 Å². The van der Waals surface area contributed by atoms with Gasteiger partial charge in [0.15, 0.2) is 23.5 Å². The zero-order chi connectivity index (χ0) is 15.3. The Hall–Kier alpha value is -1.67. The number of ether oxygens (including phenoxy) is 1. The number of nitrogens with zero attached hydrogens (tertiary/aromatic N) is 1. The molecule has 0 aromatic heterocycles. The summed E-state index contributed by atoms with van der Waals surface area (Å²) < 4.78 is 32.8. The third-order valence-electron chi connectivity index (χ3n) is 2.66. The molecular weight excluding hydrogens is 262 g/mol. The first-order chi connectivity index (χ1) is 9.26. The van der Waals surface area contributed by atoms with Gasteiger partial charge in [-0.3, -0.25) is 0 Å². The van der Waals surface area contributed by atoms with Crippen LogP contribution in [0.25, 0.3) is 0 Å². The summed E-state index contributed by atoms with van der Waals surface area (Å²) in [6.45, 7) is 7.97. The average molecular weight is 282 g/mol. The molecule has 0 aliphatic heterocycles. The number of rotatable bonds is 5. The molecule has 0 saturated heterocycles. The largest absolute Gasteiger partial charge is 0.469 e. The van der Waals surface area contributed by atoms with Gasteiger partial charge in [-0.05, 0) is 44.9 Å². The van der Waals surface area contributed by atoms with Crippen molar-refractivity contribution in [3.63, 3.8) is 0 Å². The van der Waals surface area contributed by atoms with Crippen molar-refractivity contribution in [2.45, 2.75) is 52.3 Å². The maximum atomic E-state index is 13.9. The fourth-order valence-electron chi connectivity index (χ4n) is 1.54. The first kappa shape index (κ1) is 16.4. The molecule has 3 nitrogen and oxygen atoms in total. The van der Waals surface area contributed by atoms with Crippen LogP contribution in [-0.4, -0.2) is 11.6 Å².